The Balaban J connectivity index is 1.76. The summed E-state index contributed by atoms with van der Waals surface area (Å²) in [5.41, 5.74) is 2.12. The molecule has 0 aliphatic heterocycles. The van der Waals surface area contributed by atoms with Crippen molar-refractivity contribution in [2.75, 3.05) is 30.9 Å². The second kappa shape index (κ2) is 8.39. The third-order valence-electron chi connectivity index (χ3n) is 3.90. The van der Waals surface area contributed by atoms with Gasteiger partial charge in [0.1, 0.15) is 18.0 Å². The molecule has 0 aliphatic rings. The second-order valence-corrected chi connectivity index (χ2v) is 5.96. The first kappa shape index (κ1) is 17.1. The standard InChI is InChI=1S/C19H23N5O/c1-14(10-15-6-4-3-5-7-15)24-19-16-11-18(20-8-9-25-2)21-12-17(16)22-13-23-19/h3-7,11-14H,8-10H2,1-2H3,(H,20,21)(H,22,23,24). The minimum Gasteiger partial charge on any atom is -0.383 e. The molecule has 0 saturated carbocycles. The van der Waals surface area contributed by atoms with E-state index in [9.17, 15) is 0 Å². The lowest BCUT2D eigenvalue weighted by Crippen LogP contribution is -2.19. The molecule has 2 aromatic heterocycles. The molecule has 1 atom stereocenters. The van der Waals surface area contributed by atoms with Crippen LogP contribution >= 0.6 is 0 Å². The van der Waals surface area contributed by atoms with Crippen LogP contribution in [0.15, 0.2) is 48.9 Å². The number of rotatable bonds is 8. The first-order valence-corrected chi connectivity index (χ1v) is 8.40. The summed E-state index contributed by atoms with van der Waals surface area (Å²) >= 11 is 0. The van der Waals surface area contributed by atoms with Gasteiger partial charge in [-0.3, -0.25) is 0 Å². The summed E-state index contributed by atoms with van der Waals surface area (Å²) in [5.74, 6) is 1.61. The average Bonchev–Trinajstić information content (AvgIpc) is 2.63. The van der Waals surface area contributed by atoms with Crippen LogP contribution in [0.1, 0.15) is 12.5 Å². The molecule has 0 fully saturated rings. The van der Waals surface area contributed by atoms with Gasteiger partial charge in [-0.25, -0.2) is 15.0 Å². The van der Waals surface area contributed by atoms with E-state index in [1.807, 2.05) is 12.1 Å². The van der Waals surface area contributed by atoms with Crippen molar-refractivity contribution in [1.82, 2.24) is 15.0 Å². The molecular formula is C19H23N5O. The fourth-order valence-corrected chi connectivity index (χ4v) is 2.70. The molecule has 3 aromatic rings. The third-order valence-corrected chi connectivity index (χ3v) is 3.90. The number of ether oxygens (including phenoxy) is 1. The van der Waals surface area contributed by atoms with Gasteiger partial charge in [0.15, 0.2) is 0 Å². The topological polar surface area (TPSA) is 72.0 Å². The largest absolute Gasteiger partial charge is 0.383 e. The molecule has 6 nitrogen and oxygen atoms in total. The molecule has 0 amide bonds. The van der Waals surface area contributed by atoms with E-state index < -0.39 is 0 Å². The SMILES string of the molecule is COCCNc1cc2c(NC(C)Cc3ccccc3)ncnc2cn1. The van der Waals surface area contributed by atoms with E-state index in [-0.39, 0.29) is 6.04 Å². The fourth-order valence-electron chi connectivity index (χ4n) is 2.70. The van der Waals surface area contributed by atoms with Gasteiger partial charge in [0.05, 0.1) is 18.3 Å². The fraction of sp³-hybridized carbons (Fsp3) is 0.316. The third kappa shape index (κ3) is 4.64. The first-order chi connectivity index (χ1) is 12.3. The minimum atomic E-state index is 0.249. The highest BCUT2D eigenvalue weighted by atomic mass is 16.5. The van der Waals surface area contributed by atoms with Crippen molar-refractivity contribution in [3.05, 3.63) is 54.5 Å². The molecule has 1 aromatic carbocycles. The van der Waals surface area contributed by atoms with E-state index in [2.05, 4.69) is 56.8 Å². The zero-order chi connectivity index (χ0) is 17.5. The van der Waals surface area contributed by atoms with Crippen LogP contribution in [0.25, 0.3) is 10.9 Å². The van der Waals surface area contributed by atoms with Gasteiger partial charge in [0.2, 0.25) is 0 Å². The predicted molar refractivity (Wildman–Crippen MR) is 101 cm³/mol. The summed E-state index contributed by atoms with van der Waals surface area (Å²) in [6.45, 7) is 3.49. The van der Waals surface area contributed by atoms with E-state index in [1.54, 1.807) is 19.6 Å². The molecule has 1 unspecified atom stereocenters. The number of hydrogen-bond donors (Lipinski definition) is 2. The van der Waals surface area contributed by atoms with Crippen LogP contribution in [0.5, 0.6) is 0 Å². The molecule has 0 bridgehead atoms. The molecular weight excluding hydrogens is 314 g/mol. The van der Waals surface area contributed by atoms with E-state index in [0.717, 1.165) is 29.0 Å². The van der Waals surface area contributed by atoms with Crippen molar-refractivity contribution < 1.29 is 4.74 Å². The summed E-state index contributed by atoms with van der Waals surface area (Å²) < 4.78 is 5.06. The molecule has 130 valence electrons. The summed E-state index contributed by atoms with van der Waals surface area (Å²) in [4.78, 5) is 13.1. The lowest BCUT2D eigenvalue weighted by atomic mass is 10.1. The highest BCUT2D eigenvalue weighted by Crippen LogP contribution is 2.22. The van der Waals surface area contributed by atoms with Crippen LogP contribution in [-0.4, -0.2) is 41.3 Å². The van der Waals surface area contributed by atoms with Gasteiger partial charge in [0.25, 0.3) is 0 Å². The predicted octanol–water partition coefficient (Wildman–Crippen LogP) is 3.13. The Hall–Kier alpha value is -2.73. The van der Waals surface area contributed by atoms with Crippen LogP contribution in [0.4, 0.5) is 11.6 Å². The van der Waals surface area contributed by atoms with Crippen LogP contribution in [0, 0.1) is 0 Å². The Kier molecular flexibility index (Phi) is 5.74. The number of hydrogen-bond acceptors (Lipinski definition) is 6. The maximum atomic E-state index is 5.06. The maximum Gasteiger partial charge on any atom is 0.137 e. The number of benzene rings is 1. The van der Waals surface area contributed by atoms with Gasteiger partial charge in [0, 0.05) is 25.1 Å². The van der Waals surface area contributed by atoms with Crippen molar-refractivity contribution >= 4 is 22.5 Å². The van der Waals surface area contributed by atoms with E-state index in [4.69, 9.17) is 4.74 Å². The molecule has 2 heterocycles. The smallest absolute Gasteiger partial charge is 0.137 e. The Morgan fingerprint density at radius 3 is 2.76 bits per heavy atom. The molecule has 6 heteroatoms. The summed E-state index contributed by atoms with van der Waals surface area (Å²) in [7, 11) is 1.68. The van der Waals surface area contributed by atoms with Gasteiger partial charge < -0.3 is 15.4 Å². The van der Waals surface area contributed by atoms with Gasteiger partial charge in [-0.2, -0.15) is 0 Å². The lowest BCUT2D eigenvalue weighted by molar-refractivity contribution is 0.210. The average molecular weight is 337 g/mol. The zero-order valence-electron chi connectivity index (χ0n) is 14.6. The van der Waals surface area contributed by atoms with Gasteiger partial charge in [-0.1, -0.05) is 30.3 Å². The number of fused-ring (bicyclic) bond motifs is 1. The summed E-state index contributed by atoms with van der Waals surface area (Å²) in [6.07, 6.45) is 4.26. The monoisotopic (exact) mass is 337 g/mol. The van der Waals surface area contributed by atoms with Gasteiger partial charge >= 0.3 is 0 Å². The molecule has 0 spiro atoms. The zero-order valence-corrected chi connectivity index (χ0v) is 14.6. The van der Waals surface area contributed by atoms with Crippen LogP contribution < -0.4 is 10.6 Å². The maximum absolute atomic E-state index is 5.06. The molecule has 0 saturated heterocycles. The highest BCUT2D eigenvalue weighted by molar-refractivity contribution is 5.90. The normalized spacial score (nSPS) is 12.1. The van der Waals surface area contributed by atoms with Crippen molar-refractivity contribution in [2.45, 2.75) is 19.4 Å². The van der Waals surface area contributed by atoms with Crippen molar-refractivity contribution in [2.24, 2.45) is 0 Å². The van der Waals surface area contributed by atoms with Crippen molar-refractivity contribution in [3.63, 3.8) is 0 Å². The molecule has 3 rings (SSSR count). The molecule has 2 N–H and O–H groups in total. The number of methoxy groups -OCH3 is 1. The Morgan fingerprint density at radius 2 is 1.96 bits per heavy atom. The van der Waals surface area contributed by atoms with E-state index >= 15 is 0 Å². The quantitative estimate of drug-likeness (QED) is 0.615. The van der Waals surface area contributed by atoms with Crippen LogP contribution in [0.3, 0.4) is 0 Å². The number of anilines is 2. The van der Waals surface area contributed by atoms with Gasteiger partial charge in [-0.15, -0.1) is 0 Å². The second-order valence-electron chi connectivity index (χ2n) is 5.96. The summed E-state index contributed by atoms with van der Waals surface area (Å²) in [6, 6.07) is 12.7. The number of nitrogens with one attached hydrogen (secondary N) is 2. The molecule has 25 heavy (non-hydrogen) atoms. The van der Waals surface area contributed by atoms with E-state index in [0.29, 0.717) is 13.2 Å². The Morgan fingerprint density at radius 1 is 1.12 bits per heavy atom. The van der Waals surface area contributed by atoms with E-state index in [1.165, 1.54) is 5.56 Å². The Labute approximate surface area is 147 Å². The first-order valence-electron chi connectivity index (χ1n) is 8.40. The molecule has 0 aliphatic carbocycles. The minimum absolute atomic E-state index is 0.249. The summed E-state index contributed by atoms with van der Waals surface area (Å²) in [5, 5.41) is 7.69. The van der Waals surface area contributed by atoms with Crippen molar-refractivity contribution in [1.29, 1.82) is 0 Å². The lowest BCUT2D eigenvalue weighted by Gasteiger charge is -2.16. The van der Waals surface area contributed by atoms with Crippen molar-refractivity contribution in [3.8, 4) is 0 Å². The number of aromatic nitrogens is 3. The molecule has 0 radical (unpaired) electrons. The number of nitrogens with zero attached hydrogens (tertiary/aromatic N) is 3. The van der Waals surface area contributed by atoms with Crippen LogP contribution in [0.2, 0.25) is 0 Å². The number of pyridine rings is 1. The van der Waals surface area contributed by atoms with Gasteiger partial charge in [-0.05, 0) is 25.0 Å². The highest BCUT2D eigenvalue weighted by Gasteiger charge is 2.09. The Bertz CT molecular complexity index is 809. The van der Waals surface area contributed by atoms with Crippen LogP contribution in [-0.2, 0) is 11.2 Å².